The summed E-state index contributed by atoms with van der Waals surface area (Å²) in [5, 5.41) is 1.01. The van der Waals surface area contributed by atoms with Crippen molar-refractivity contribution < 1.29 is 23.8 Å². The first kappa shape index (κ1) is 26.8. The molecule has 11 heteroatoms. The lowest BCUT2D eigenvalue weighted by molar-refractivity contribution is -0.141. The highest BCUT2D eigenvalue weighted by atomic mass is 79.9. The lowest BCUT2D eigenvalue weighted by Crippen LogP contribution is -2.29. The number of benzene rings is 2. The number of ether oxygens (including phenoxy) is 3. The Kier molecular flexibility index (Phi) is 9.67. The monoisotopic (exact) mass is 603 g/mol. The summed E-state index contributed by atoms with van der Waals surface area (Å²) in [6.45, 7) is 0.499. The number of thiocarbonyl (C=S) groups is 1. The van der Waals surface area contributed by atoms with Crippen LogP contribution in [0.4, 0.5) is 0 Å². The van der Waals surface area contributed by atoms with E-state index in [0.29, 0.717) is 53.8 Å². The molecule has 0 atom stereocenters. The Morgan fingerprint density at radius 2 is 1.94 bits per heavy atom. The number of thioether (sulfide) groups is 1. The number of halogens is 3. The Balaban J connectivity index is 1.76. The van der Waals surface area contributed by atoms with E-state index in [2.05, 4.69) is 20.7 Å². The van der Waals surface area contributed by atoms with Crippen molar-refractivity contribution in [2.75, 3.05) is 20.8 Å². The van der Waals surface area contributed by atoms with Crippen LogP contribution in [0.2, 0.25) is 10.0 Å². The second kappa shape index (κ2) is 12.3. The van der Waals surface area contributed by atoms with Gasteiger partial charge < -0.3 is 14.2 Å². The van der Waals surface area contributed by atoms with E-state index < -0.39 is 0 Å². The third-order valence-electron chi connectivity index (χ3n) is 4.84. The van der Waals surface area contributed by atoms with Gasteiger partial charge in [-0.15, -0.1) is 0 Å². The van der Waals surface area contributed by atoms with E-state index in [0.717, 1.165) is 5.56 Å². The fourth-order valence-corrected chi connectivity index (χ4v) is 5.49. The summed E-state index contributed by atoms with van der Waals surface area (Å²) in [4.78, 5) is 26.1. The van der Waals surface area contributed by atoms with Gasteiger partial charge in [0.25, 0.3) is 5.91 Å². The summed E-state index contributed by atoms with van der Waals surface area (Å²) >= 11 is 22.6. The number of carbonyl (C=O) groups is 2. The van der Waals surface area contributed by atoms with Crippen LogP contribution in [0.5, 0.6) is 11.5 Å². The molecule has 0 saturated carbocycles. The van der Waals surface area contributed by atoms with Crippen molar-refractivity contribution in [3.63, 3.8) is 0 Å². The number of esters is 1. The molecule has 0 spiro atoms. The minimum Gasteiger partial charge on any atom is -0.493 e. The highest BCUT2D eigenvalue weighted by Crippen LogP contribution is 2.40. The maximum atomic E-state index is 12.8. The molecule has 1 fully saturated rings. The molecule has 1 aliphatic heterocycles. The molecule has 1 amide bonds. The highest BCUT2D eigenvalue weighted by Gasteiger charge is 2.31. The molecule has 3 rings (SSSR count). The Hall–Kier alpha value is -1.78. The van der Waals surface area contributed by atoms with Crippen LogP contribution in [0.15, 0.2) is 39.7 Å². The average molecular weight is 605 g/mol. The molecule has 6 nitrogen and oxygen atoms in total. The minimum absolute atomic E-state index is 0.150. The zero-order chi connectivity index (χ0) is 24.8. The van der Waals surface area contributed by atoms with Crippen molar-refractivity contribution in [2.45, 2.75) is 19.4 Å². The maximum absolute atomic E-state index is 12.8. The molecule has 1 saturated heterocycles. The molecule has 0 unspecified atom stereocenters. The van der Waals surface area contributed by atoms with E-state index in [1.807, 2.05) is 6.07 Å². The van der Waals surface area contributed by atoms with Crippen molar-refractivity contribution >= 4 is 85.4 Å². The van der Waals surface area contributed by atoms with Gasteiger partial charge in [-0.2, -0.15) is 0 Å². The Morgan fingerprint density at radius 3 is 2.59 bits per heavy atom. The second-order valence-electron chi connectivity index (χ2n) is 7.04. The van der Waals surface area contributed by atoms with Gasteiger partial charge in [-0.3, -0.25) is 14.5 Å². The zero-order valence-electron chi connectivity index (χ0n) is 18.2. The van der Waals surface area contributed by atoms with E-state index in [9.17, 15) is 9.59 Å². The number of methoxy groups -OCH3 is 2. The molecule has 0 aromatic heterocycles. The van der Waals surface area contributed by atoms with Gasteiger partial charge in [0.15, 0.2) is 11.5 Å². The Bertz CT molecular complexity index is 1140. The number of carbonyl (C=O) groups excluding carboxylic acids is 2. The summed E-state index contributed by atoms with van der Waals surface area (Å²) in [6.07, 6.45) is 2.42. The van der Waals surface area contributed by atoms with Crippen LogP contribution >= 0.6 is 63.1 Å². The standard InChI is InChI=1S/C23H20BrCl2NO5S2/c1-30-18-10-13(9-15(24)21(18)32-12-14-16(25)5-3-6-17(14)26)11-19-22(29)27(23(33)34-19)8-4-7-20(28)31-2/h3,5-6,9-11H,4,7-8,12H2,1-2H3/b19-11-. The summed E-state index contributed by atoms with van der Waals surface area (Å²) in [5.74, 6) is 0.420. The molecule has 1 aliphatic rings. The zero-order valence-corrected chi connectivity index (χ0v) is 23.0. The maximum Gasteiger partial charge on any atom is 0.305 e. The smallest absolute Gasteiger partial charge is 0.305 e. The number of nitrogens with zero attached hydrogens (tertiary/aromatic N) is 1. The summed E-state index contributed by atoms with van der Waals surface area (Å²) in [6, 6.07) is 8.83. The van der Waals surface area contributed by atoms with Crippen LogP contribution in [0.3, 0.4) is 0 Å². The topological polar surface area (TPSA) is 65.1 Å². The van der Waals surface area contributed by atoms with Crippen molar-refractivity contribution in [2.24, 2.45) is 0 Å². The summed E-state index contributed by atoms with van der Waals surface area (Å²) in [7, 11) is 2.86. The van der Waals surface area contributed by atoms with Gasteiger partial charge in [0, 0.05) is 28.6 Å². The fraction of sp³-hybridized carbons (Fsp3) is 0.261. The van der Waals surface area contributed by atoms with E-state index in [1.54, 1.807) is 30.3 Å². The lowest BCUT2D eigenvalue weighted by atomic mass is 10.1. The third kappa shape index (κ3) is 6.46. The summed E-state index contributed by atoms with van der Waals surface area (Å²) in [5.41, 5.74) is 1.39. The van der Waals surface area contributed by atoms with E-state index in [-0.39, 0.29) is 24.9 Å². The van der Waals surface area contributed by atoms with Crippen LogP contribution < -0.4 is 9.47 Å². The molecular weight excluding hydrogens is 585 g/mol. The number of hydrogen-bond acceptors (Lipinski definition) is 7. The predicted molar refractivity (Wildman–Crippen MR) is 143 cm³/mol. The van der Waals surface area contributed by atoms with Crippen LogP contribution in [0.1, 0.15) is 24.0 Å². The van der Waals surface area contributed by atoms with Gasteiger partial charge in [0.1, 0.15) is 10.9 Å². The molecule has 0 N–H and O–H groups in total. The van der Waals surface area contributed by atoms with Crippen molar-refractivity contribution in [1.82, 2.24) is 4.90 Å². The van der Waals surface area contributed by atoms with Crippen LogP contribution in [0, 0.1) is 0 Å². The second-order valence-corrected chi connectivity index (χ2v) is 10.4. The van der Waals surface area contributed by atoms with Crippen molar-refractivity contribution in [3.8, 4) is 11.5 Å². The molecule has 180 valence electrons. The molecule has 2 aromatic rings. The fourth-order valence-electron chi connectivity index (χ4n) is 3.11. The van der Waals surface area contributed by atoms with Gasteiger partial charge >= 0.3 is 5.97 Å². The van der Waals surface area contributed by atoms with Crippen LogP contribution in [-0.4, -0.2) is 41.9 Å². The van der Waals surface area contributed by atoms with E-state index >= 15 is 0 Å². The van der Waals surface area contributed by atoms with Gasteiger partial charge in [-0.05, 0) is 58.3 Å². The first-order valence-corrected chi connectivity index (χ1v) is 12.8. The van der Waals surface area contributed by atoms with Gasteiger partial charge in [-0.1, -0.05) is 53.2 Å². The number of hydrogen-bond donors (Lipinski definition) is 0. The predicted octanol–water partition coefficient (Wildman–Crippen LogP) is 6.50. The Morgan fingerprint density at radius 1 is 1.24 bits per heavy atom. The molecular formula is C23H20BrCl2NO5S2. The van der Waals surface area contributed by atoms with E-state index in [1.165, 1.54) is 30.9 Å². The first-order valence-electron chi connectivity index (χ1n) is 10.0. The number of amides is 1. The largest absolute Gasteiger partial charge is 0.493 e. The van der Waals surface area contributed by atoms with Crippen LogP contribution in [0.25, 0.3) is 6.08 Å². The number of rotatable bonds is 9. The normalized spacial score (nSPS) is 14.6. The molecule has 0 radical (unpaired) electrons. The molecule has 1 heterocycles. The van der Waals surface area contributed by atoms with Gasteiger partial charge in [0.2, 0.25) is 0 Å². The van der Waals surface area contributed by atoms with Crippen molar-refractivity contribution in [1.29, 1.82) is 0 Å². The lowest BCUT2D eigenvalue weighted by Gasteiger charge is -2.15. The van der Waals surface area contributed by atoms with Crippen molar-refractivity contribution in [3.05, 3.63) is 60.9 Å². The molecule has 0 aliphatic carbocycles. The SMILES string of the molecule is COC(=O)CCCN1C(=O)/C(=C/c2cc(Br)c(OCc3c(Cl)cccc3Cl)c(OC)c2)SC1=S. The molecule has 2 aromatic carbocycles. The minimum atomic E-state index is -0.322. The first-order chi connectivity index (χ1) is 16.2. The summed E-state index contributed by atoms with van der Waals surface area (Å²) < 4.78 is 17.2. The highest BCUT2D eigenvalue weighted by molar-refractivity contribution is 9.10. The Labute approximate surface area is 225 Å². The third-order valence-corrected chi connectivity index (χ3v) is 7.51. The average Bonchev–Trinajstić information content (AvgIpc) is 3.06. The van der Waals surface area contributed by atoms with Gasteiger partial charge in [-0.25, -0.2) is 0 Å². The molecule has 0 bridgehead atoms. The van der Waals surface area contributed by atoms with E-state index in [4.69, 9.17) is 44.9 Å². The van der Waals surface area contributed by atoms with Gasteiger partial charge in [0.05, 0.1) is 23.6 Å². The van der Waals surface area contributed by atoms with Crippen LogP contribution in [-0.2, 0) is 20.9 Å². The quantitative estimate of drug-likeness (QED) is 0.184. The molecule has 34 heavy (non-hydrogen) atoms.